The molecule has 3 nitrogen and oxygen atoms in total. The molecule has 0 saturated heterocycles. The van der Waals surface area contributed by atoms with Gasteiger partial charge in [-0.2, -0.15) is 0 Å². The highest BCUT2D eigenvalue weighted by Crippen LogP contribution is 2.20. The van der Waals surface area contributed by atoms with Crippen molar-refractivity contribution in [3.8, 4) is 0 Å². The van der Waals surface area contributed by atoms with Crippen molar-refractivity contribution in [1.82, 2.24) is 0 Å². The maximum Gasteiger partial charge on any atom is 0.227 e. The minimum atomic E-state index is -0.881. The average molecular weight is 338 g/mol. The predicted molar refractivity (Wildman–Crippen MR) is 78.7 cm³/mol. The second-order valence-corrected chi connectivity index (χ2v) is 5.25. The molecule has 0 radical (unpaired) electrons. The zero-order chi connectivity index (χ0) is 14.5. The first-order chi connectivity index (χ1) is 9.54. The SMILES string of the molecule is O=C(CC(O)c1ccccc1)Nc1cc(F)cc(Br)c1. The molecule has 5 heteroatoms. The third kappa shape index (κ3) is 4.15. The molecular formula is C15H13BrFNO2. The van der Waals surface area contributed by atoms with Crippen molar-refractivity contribution in [3.05, 3.63) is 64.4 Å². The third-order valence-electron chi connectivity index (χ3n) is 2.71. The second kappa shape index (κ2) is 6.63. The number of aliphatic hydroxyl groups is 1. The number of nitrogens with one attached hydrogen (secondary N) is 1. The molecule has 2 aromatic rings. The fourth-order valence-electron chi connectivity index (χ4n) is 1.81. The van der Waals surface area contributed by atoms with E-state index in [9.17, 15) is 14.3 Å². The molecular weight excluding hydrogens is 325 g/mol. The average Bonchev–Trinajstić information content (AvgIpc) is 2.38. The van der Waals surface area contributed by atoms with Crippen molar-refractivity contribution in [2.45, 2.75) is 12.5 Å². The number of aliphatic hydroxyl groups excluding tert-OH is 1. The van der Waals surface area contributed by atoms with Gasteiger partial charge >= 0.3 is 0 Å². The zero-order valence-corrected chi connectivity index (χ0v) is 12.1. The number of amides is 1. The molecule has 0 fully saturated rings. The summed E-state index contributed by atoms with van der Waals surface area (Å²) in [6, 6.07) is 13.0. The largest absolute Gasteiger partial charge is 0.388 e. The molecule has 0 aliphatic heterocycles. The van der Waals surface area contributed by atoms with Crippen molar-refractivity contribution < 1.29 is 14.3 Å². The molecule has 0 heterocycles. The van der Waals surface area contributed by atoms with Gasteiger partial charge in [0.2, 0.25) is 5.91 Å². The van der Waals surface area contributed by atoms with E-state index in [1.54, 1.807) is 30.3 Å². The maximum atomic E-state index is 13.2. The Labute approximate surface area is 124 Å². The second-order valence-electron chi connectivity index (χ2n) is 4.34. The molecule has 2 aromatic carbocycles. The van der Waals surface area contributed by atoms with Gasteiger partial charge in [-0.25, -0.2) is 4.39 Å². The summed E-state index contributed by atoms with van der Waals surface area (Å²) in [7, 11) is 0. The molecule has 1 amide bonds. The van der Waals surface area contributed by atoms with Crippen molar-refractivity contribution >= 4 is 27.5 Å². The van der Waals surface area contributed by atoms with E-state index in [0.717, 1.165) is 0 Å². The van der Waals surface area contributed by atoms with Crippen molar-refractivity contribution in [2.75, 3.05) is 5.32 Å². The van der Waals surface area contributed by atoms with Crippen LogP contribution in [-0.2, 0) is 4.79 Å². The lowest BCUT2D eigenvalue weighted by atomic mass is 10.1. The van der Waals surface area contributed by atoms with Crippen LogP contribution in [-0.4, -0.2) is 11.0 Å². The molecule has 0 saturated carbocycles. The van der Waals surface area contributed by atoms with Crippen molar-refractivity contribution in [1.29, 1.82) is 0 Å². The summed E-state index contributed by atoms with van der Waals surface area (Å²) < 4.78 is 13.7. The van der Waals surface area contributed by atoms with Gasteiger partial charge in [0.15, 0.2) is 0 Å². The monoisotopic (exact) mass is 337 g/mol. The highest BCUT2D eigenvalue weighted by atomic mass is 79.9. The summed E-state index contributed by atoms with van der Waals surface area (Å²) in [5, 5.41) is 12.5. The van der Waals surface area contributed by atoms with Gasteiger partial charge in [0.05, 0.1) is 12.5 Å². The molecule has 2 N–H and O–H groups in total. The van der Waals surface area contributed by atoms with Gasteiger partial charge in [-0.15, -0.1) is 0 Å². The number of benzene rings is 2. The van der Waals surface area contributed by atoms with E-state index in [4.69, 9.17) is 0 Å². The fourth-order valence-corrected chi connectivity index (χ4v) is 2.27. The van der Waals surface area contributed by atoms with E-state index in [2.05, 4.69) is 21.2 Å². The minimum absolute atomic E-state index is 0.0852. The van der Waals surface area contributed by atoms with Gasteiger partial charge in [-0.05, 0) is 23.8 Å². The molecule has 1 atom stereocenters. The van der Waals surface area contributed by atoms with E-state index < -0.39 is 11.9 Å². The number of hydrogen-bond donors (Lipinski definition) is 2. The molecule has 20 heavy (non-hydrogen) atoms. The van der Waals surface area contributed by atoms with E-state index in [1.165, 1.54) is 12.1 Å². The van der Waals surface area contributed by atoms with Gasteiger partial charge in [-0.3, -0.25) is 4.79 Å². The summed E-state index contributed by atoms with van der Waals surface area (Å²) in [5.41, 5.74) is 1.02. The standard InChI is InChI=1S/C15H13BrFNO2/c16-11-6-12(17)8-13(7-11)18-15(20)9-14(19)10-4-2-1-3-5-10/h1-8,14,19H,9H2,(H,18,20). The maximum absolute atomic E-state index is 13.2. The number of carbonyl (C=O) groups is 1. The highest BCUT2D eigenvalue weighted by molar-refractivity contribution is 9.10. The normalized spacial score (nSPS) is 11.9. The Bertz CT molecular complexity index is 584. The van der Waals surface area contributed by atoms with Crippen LogP contribution in [0.25, 0.3) is 0 Å². The topological polar surface area (TPSA) is 49.3 Å². The summed E-state index contributed by atoms with van der Waals surface area (Å²) in [4.78, 5) is 11.8. The van der Waals surface area contributed by atoms with Crippen molar-refractivity contribution in [3.63, 3.8) is 0 Å². The van der Waals surface area contributed by atoms with E-state index in [-0.39, 0.29) is 12.3 Å². The molecule has 0 aliphatic rings. The highest BCUT2D eigenvalue weighted by Gasteiger charge is 2.13. The summed E-state index contributed by atoms with van der Waals surface area (Å²) in [6.07, 6.45) is -0.966. The van der Waals surface area contributed by atoms with Crippen LogP contribution in [0.5, 0.6) is 0 Å². The van der Waals surface area contributed by atoms with Gasteiger partial charge in [-0.1, -0.05) is 46.3 Å². The van der Waals surface area contributed by atoms with E-state index in [1.807, 2.05) is 6.07 Å². The van der Waals surface area contributed by atoms with Gasteiger partial charge in [0.1, 0.15) is 5.82 Å². The van der Waals surface area contributed by atoms with E-state index >= 15 is 0 Å². The van der Waals surface area contributed by atoms with Crippen LogP contribution in [0.3, 0.4) is 0 Å². The summed E-state index contributed by atoms with van der Waals surface area (Å²) in [5.74, 6) is -0.822. The van der Waals surface area contributed by atoms with Crippen LogP contribution in [0.15, 0.2) is 53.0 Å². The predicted octanol–water partition coefficient (Wildman–Crippen LogP) is 3.65. The Hall–Kier alpha value is -1.72. The zero-order valence-electron chi connectivity index (χ0n) is 10.5. The first kappa shape index (κ1) is 14.7. The number of anilines is 1. The van der Waals surface area contributed by atoms with Gasteiger partial charge in [0, 0.05) is 10.2 Å². The number of halogens is 2. The molecule has 1 unspecified atom stereocenters. The lowest BCUT2D eigenvalue weighted by Crippen LogP contribution is -2.15. The Morgan fingerprint density at radius 3 is 2.60 bits per heavy atom. The van der Waals surface area contributed by atoms with Crippen LogP contribution >= 0.6 is 15.9 Å². The summed E-state index contributed by atoms with van der Waals surface area (Å²) in [6.45, 7) is 0. The molecule has 0 spiro atoms. The first-order valence-corrected chi connectivity index (χ1v) is 6.83. The molecule has 0 aromatic heterocycles. The van der Waals surface area contributed by atoms with Gasteiger partial charge in [0.25, 0.3) is 0 Å². The first-order valence-electron chi connectivity index (χ1n) is 6.03. The van der Waals surface area contributed by atoms with Crippen LogP contribution in [0.1, 0.15) is 18.1 Å². The number of rotatable bonds is 4. The minimum Gasteiger partial charge on any atom is -0.388 e. The Morgan fingerprint density at radius 1 is 1.25 bits per heavy atom. The number of hydrogen-bond acceptors (Lipinski definition) is 2. The lowest BCUT2D eigenvalue weighted by Gasteiger charge is -2.11. The Morgan fingerprint density at radius 2 is 1.95 bits per heavy atom. The molecule has 0 bridgehead atoms. The van der Waals surface area contributed by atoms with Crippen molar-refractivity contribution in [2.24, 2.45) is 0 Å². The van der Waals surface area contributed by atoms with E-state index in [0.29, 0.717) is 15.7 Å². The van der Waals surface area contributed by atoms with Crippen LogP contribution in [0, 0.1) is 5.82 Å². The van der Waals surface area contributed by atoms with Crippen LogP contribution in [0.2, 0.25) is 0 Å². The Kier molecular flexibility index (Phi) is 4.87. The molecule has 104 valence electrons. The smallest absolute Gasteiger partial charge is 0.227 e. The number of carbonyl (C=O) groups excluding carboxylic acids is 1. The van der Waals surface area contributed by atoms with Crippen LogP contribution < -0.4 is 5.32 Å². The molecule has 2 rings (SSSR count). The molecule has 0 aliphatic carbocycles. The van der Waals surface area contributed by atoms with Crippen LogP contribution in [0.4, 0.5) is 10.1 Å². The third-order valence-corrected chi connectivity index (χ3v) is 3.17. The lowest BCUT2D eigenvalue weighted by molar-refractivity contribution is -0.118. The van der Waals surface area contributed by atoms with Gasteiger partial charge < -0.3 is 10.4 Å². The summed E-state index contributed by atoms with van der Waals surface area (Å²) >= 11 is 3.15. The fraction of sp³-hybridized carbons (Fsp3) is 0.133. The Balaban J connectivity index is 1.99. The quantitative estimate of drug-likeness (QED) is 0.894.